The molecule has 1 aliphatic heterocycles. The highest BCUT2D eigenvalue weighted by atomic mass is 32.2. The van der Waals surface area contributed by atoms with Crippen LogP contribution < -0.4 is 10.1 Å². The van der Waals surface area contributed by atoms with Crippen LogP contribution in [0.4, 0.5) is 0 Å². The Bertz CT molecular complexity index is 1100. The zero-order chi connectivity index (χ0) is 24.5. The van der Waals surface area contributed by atoms with Crippen LogP contribution >= 0.6 is 11.8 Å². The van der Waals surface area contributed by atoms with Gasteiger partial charge in [-0.3, -0.25) is 14.3 Å². The van der Waals surface area contributed by atoms with Crippen molar-refractivity contribution in [1.82, 2.24) is 25.0 Å². The van der Waals surface area contributed by atoms with Gasteiger partial charge < -0.3 is 14.8 Å². The summed E-state index contributed by atoms with van der Waals surface area (Å²) in [4.78, 5) is 14.6. The first-order chi connectivity index (χ1) is 17.1. The fourth-order valence-corrected chi connectivity index (χ4v) is 4.79. The predicted molar refractivity (Wildman–Crippen MR) is 138 cm³/mol. The van der Waals surface area contributed by atoms with E-state index < -0.39 is 0 Å². The van der Waals surface area contributed by atoms with Crippen molar-refractivity contribution in [2.24, 2.45) is 0 Å². The van der Waals surface area contributed by atoms with Crippen LogP contribution in [0.3, 0.4) is 0 Å². The number of morpholine rings is 1. The highest BCUT2D eigenvalue weighted by molar-refractivity contribution is 7.99. The topological polar surface area (TPSA) is 81.5 Å². The van der Waals surface area contributed by atoms with E-state index in [0.717, 1.165) is 73.0 Å². The van der Waals surface area contributed by atoms with E-state index in [1.54, 1.807) is 18.9 Å². The SMILES string of the molecule is COc1cccc(-c2nnc(SCCCC(=O)NCCN3CCOCC3)n2-c2ccc(C)cc2)c1. The van der Waals surface area contributed by atoms with E-state index in [-0.39, 0.29) is 5.91 Å². The maximum absolute atomic E-state index is 12.3. The Labute approximate surface area is 211 Å². The van der Waals surface area contributed by atoms with Crippen molar-refractivity contribution < 1.29 is 14.3 Å². The van der Waals surface area contributed by atoms with E-state index in [9.17, 15) is 4.79 Å². The van der Waals surface area contributed by atoms with Gasteiger partial charge >= 0.3 is 0 Å². The number of nitrogens with zero attached hydrogens (tertiary/aromatic N) is 4. The fraction of sp³-hybridized carbons (Fsp3) is 0.423. The Morgan fingerprint density at radius 1 is 1.14 bits per heavy atom. The zero-order valence-electron chi connectivity index (χ0n) is 20.4. The van der Waals surface area contributed by atoms with E-state index >= 15 is 0 Å². The second kappa shape index (κ2) is 12.7. The van der Waals surface area contributed by atoms with E-state index in [1.165, 1.54) is 5.56 Å². The van der Waals surface area contributed by atoms with Crippen LogP contribution in [0.2, 0.25) is 0 Å². The number of methoxy groups -OCH3 is 1. The molecule has 1 amide bonds. The van der Waals surface area contributed by atoms with Gasteiger partial charge in [0.25, 0.3) is 0 Å². The second-order valence-corrected chi connectivity index (χ2v) is 9.53. The molecule has 2 aromatic carbocycles. The van der Waals surface area contributed by atoms with Gasteiger partial charge in [-0.15, -0.1) is 10.2 Å². The minimum Gasteiger partial charge on any atom is -0.497 e. The number of hydrogen-bond acceptors (Lipinski definition) is 7. The molecule has 8 nitrogen and oxygen atoms in total. The third-order valence-corrected chi connectivity index (χ3v) is 6.90. The van der Waals surface area contributed by atoms with Crippen LogP contribution in [0.1, 0.15) is 18.4 Å². The zero-order valence-corrected chi connectivity index (χ0v) is 21.2. The molecule has 1 saturated heterocycles. The molecule has 0 spiro atoms. The summed E-state index contributed by atoms with van der Waals surface area (Å²) in [5, 5.41) is 12.8. The summed E-state index contributed by atoms with van der Waals surface area (Å²) >= 11 is 1.62. The lowest BCUT2D eigenvalue weighted by Crippen LogP contribution is -2.41. The Morgan fingerprint density at radius 3 is 2.71 bits per heavy atom. The van der Waals surface area contributed by atoms with Crippen LogP contribution in [0, 0.1) is 6.92 Å². The number of aryl methyl sites for hydroxylation is 1. The van der Waals surface area contributed by atoms with Crippen LogP contribution in [-0.4, -0.2) is 77.8 Å². The highest BCUT2D eigenvalue weighted by Crippen LogP contribution is 2.30. The lowest BCUT2D eigenvalue weighted by Gasteiger charge is -2.26. The lowest BCUT2D eigenvalue weighted by molar-refractivity contribution is -0.121. The normalized spacial score (nSPS) is 14.1. The predicted octanol–water partition coefficient (Wildman–Crippen LogP) is 3.57. The minimum absolute atomic E-state index is 0.0935. The molecule has 186 valence electrons. The molecule has 4 rings (SSSR count). The molecule has 35 heavy (non-hydrogen) atoms. The second-order valence-electron chi connectivity index (χ2n) is 8.47. The van der Waals surface area contributed by atoms with Crippen LogP contribution in [0.25, 0.3) is 17.1 Å². The van der Waals surface area contributed by atoms with E-state index in [4.69, 9.17) is 9.47 Å². The van der Waals surface area contributed by atoms with Gasteiger partial charge in [0, 0.05) is 49.6 Å². The van der Waals surface area contributed by atoms with Gasteiger partial charge in [0.05, 0.1) is 20.3 Å². The number of rotatable bonds is 11. The standard InChI is InChI=1S/C26H33N5O3S/c1-20-8-10-22(11-9-20)31-25(21-5-3-6-23(19-21)33-2)28-29-26(31)35-18-4-7-24(32)27-12-13-30-14-16-34-17-15-30/h3,5-6,8-11,19H,4,7,12-18H2,1-2H3,(H,27,32). The maximum atomic E-state index is 12.3. The number of benzene rings is 2. The molecule has 9 heteroatoms. The van der Waals surface area contributed by atoms with Gasteiger partial charge in [-0.2, -0.15) is 0 Å². The molecular weight excluding hydrogens is 462 g/mol. The summed E-state index contributed by atoms with van der Waals surface area (Å²) in [6.45, 7) is 7.04. The van der Waals surface area contributed by atoms with Gasteiger partial charge in [0.15, 0.2) is 11.0 Å². The van der Waals surface area contributed by atoms with Crippen LogP contribution in [0.5, 0.6) is 5.75 Å². The first-order valence-electron chi connectivity index (χ1n) is 12.0. The Hall–Kier alpha value is -2.88. The molecule has 0 radical (unpaired) electrons. The number of carbonyl (C=O) groups is 1. The number of hydrogen-bond donors (Lipinski definition) is 1. The van der Waals surface area contributed by atoms with Gasteiger partial charge in [0.1, 0.15) is 5.75 Å². The molecule has 3 aromatic rings. The summed E-state index contributed by atoms with van der Waals surface area (Å²) in [6, 6.07) is 16.2. The van der Waals surface area contributed by atoms with Crippen LogP contribution in [-0.2, 0) is 9.53 Å². The van der Waals surface area contributed by atoms with Crippen molar-refractivity contribution in [3.05, 3.63) is 54.1 Å². The van der Waals surface area contributed by atoms with Crippen molar-refractivity contribution in [3.63, 3.8) is 0 Å². The summed E-state index contributed by atoms with van der Waals surface area (Å²) in [5.41, 5.74) is 3.13. The lowest BCUT2D eigenvalue weighted by atomic mass is 10.2. The smallest absolute Gasteiger partial charge is 0.220 e. The molecule has 1 aliphatic rings. The van der Waals surface area contributed by atoms with E-state index in [1.807, 2.05) is 24.3 Å². The van der Waals surface area contributed by atoms with Crippen molar-refractivity contribution in [1.29, 1.82) is 0 Å². The summed E-state index contributed by atoms with van der Waals surface area (Å²) in [5.74, 6) is 2.40. The van der Waals surface area contributed by atoms with E-state index in [2.05, 4.69) is 56.2 Å². The summed E-state index contributed by atoms with van der Waals surface area (Å²) in [7, 11) is 1.66. The molecule has 1 N–H and O–H groups in total. The van der Waals surface area contributed by atoms with Crippen molar-refractivity contribution in [3.8, 4) is 22.8 Å². The fourth-order valence-electron chi connectivity index (χ4n) is 3.90. The van der Waals surface area contributed by atoms with E-state index in [0.29, 0.717) is 13.0 Å². The Morgan fingerprint density at radius 2 is 1.94 bits per heavy atom. The molecule has 0 bridgehead atoms. The maximum Gasteiger partial charge on any atom is 0.220 e. The number of nitrogens with one attached hydrogen (secondary N) is 1. The third-order valence-electron chi connectivity index (χ3n) is 5.89. The minimum atomic E-state index is 0.0935. The highest BCUT2D eigenvalue weighted by Gasteiger charge is 2.17. The average molecular weight is 496 g/mol. The van der Waals surface area contributed by atoms with Crippen LogP contribution in [0.15, 0.2) is 53.7 Å². The number of aromatic nitrogens is 3. The molecule has 0 unspecified atom stereocenters. The Kier molecular flexibility index (Phi) is 9.16. The monoisotopic (exact) mass is 495 g/mol. The molecule has 0 atom stereocenters. The third kappa shape index (κ3) is 7.06. The van der Waals surface area contributed by atoms with Gasteiger partial charge in [-0.25, -0.2) is 0 Å². The molecule has 0 saturated carbocycles. The first kappa shape index (κ1) is 25.2. The summed E-state index contributed by atoms with van der Waals surface area (Å²) in [6.07, 6.45) is 1.26. The molecule has 1 aromatic heterocycles. The number of thioether (sulfide) groups is 1. The largest absolute Gasteiger partial charge is 0.497 e. The number of carbonyl (C=O) groups excluding carboxylic acids is 1. The molecule has 2 heterocycles. The Balaban J connectivity index is 1.36. The average Bonchev–Trinajstić information content (AvgIpc) is 3.31. The van der Waals surface area contributed by atoms with Gasteiger partial charge in [0.2, 0.25) is 5.91 Å². The van der Waals surface area contributed by atoms with Crippen molar-refractivity contribution in [2.45, 2.75) is 24.9 Å². The molecule has 0 aliphatic carbocycles. The summed E-state index contributed by atoms with van der Waals surface area (Å²) < 4.78 is 12.8. The molecule has 1 fully saturated rings. The number of ether oxygens (including phenoxy) is 2. The van der Waals surface area contributed by atoms with Crippen molar-refractivity contribution in [2.75, 3.05) is 52.3 Å². The first-order valence-corrected chi connectivity index (χ1v) is 13.0. The quantitative estimate of drug-likeness (QED) is 0.322. The van der Waals surface area contributed by atoms with Gasteiger partial charge in [-0.05, 0) is 37.6 Å². The van der Waals surface area contributed by atoms with Gasteiger partial charge in [-0.1, -0.05) is 41.6 Å². The van der Waals surface area contributed by atoms with Crippen molar-refractivity contribution >= 4 is 17.7 Å². The molecular formula is C26H33N5O3S. The number of amides is 1.